The van der Waals surface area contributed by atoms with Crippen LogP contribution >= 0.6 is 0 Å². The predicted molar refractivity (Wildman–Crippen MR) is 128 cm³/mol. The number of carbonyl (C=O) groups is 2. The molecule has 0 bridgehead atoms. The first kappa shape index (κ1) is 21.5. The molecule has 0 aliphatic carbocycles. The summed E-state index contributed by atoms with van der Waals surface area (Å²) in [6, 6.07) is 30.7. The summed E-state index contributed by atoms with van der Waals surface area (Å²) in [6.45, 7) is 0. The minimum atomic E-state index is -1.28. The van der Waals surface area contributed by atoms with E-state index in [0.717, 1.165) is 22.6 Å². The van der Waals surface area contributed by atoms with Crippen molar-refractivity contribution in [2.24, 2.45) is 0 Å². The van der Waals surface area contributed by atoms with Gasteiger partial charge in [-0.15, -0.1) is 0 Å². The van der Waals surface area contributed by atoms with Gasteiger partial charge in [-0.1, -0.05) is 60.7 Å². The zero-order valence-corrected chi connectivity index (χ0v) is 17.5. The van der Waals surface area contributed by atoms with Gasteiger partial charge in [-0.2, -0.15) is 0 Å². The number of hydrogen-bond donors (Lipinski definition) is 2. The second-order valence-corrected chi connectivity index (χ2v) is 7.21. The second kappa shape index (κ2) is 9.62. The van der Waals surface area contributed by atoms with Gasteiger partial charge in [-0.3, -0.25) is 0 Å². The van der Waals surface area contributed by atoms with E-state index in [2.05, 4.69) is 9.88 Å². The molecule has 0 radical (unpaired) electrons. The Hall–Kier alpha value is -4.71. The molecule has 0 spiro atoms. The average molecular weight is 436 g/mol. The van der Waals surface area contributed by atoms with E-state index in [-0.39, 0.29) is 11.4 Å². The van der Waals surface area contributed by atoms with Crippen molar-refractivity contribution in [1.82, 2.24) is 4.98 Å². The number of nitrogens with zero attached hydrogens (tertiary/aromatic N) is 2. The van der Waals surface area contributed by atoms with Crippen molar-refractivity contribution in [3.8, 4) is 0 Å². The van der Waals surface area contributed by atoms with Crippen LogP contribution in [0, 0.1) is 0 Å². The van der Waals surface area contributed by atoms with Gasteiger partial charge in [0.15, 0.2) is 0 Å². The summed E-state index contributed by atoms with van der Waals surface area (Å²) in [5.74, 6) is -2.56. The summed E-state index contributed by atoms with van der Waals surface area (Å²) < 4.78 is 0. The van der Waals surface area contributed by atoms with Crippen molar-refractivity contribution in [3.05, 3.63) is 120 Å². The van der Waals surface area contributed by atoms with E-state index in [1.165, 1.54) is 12.1 Å². The summed E-state index contributed by atoms with van der Waals surface area (Å²) >= 11 is 0. The van der Waals surface area contributed by atoms with Gasteiger partial charge in [-0.05, 0) is 59.7 Å². The number of aromatic carboxylic acids is 2. The van der Waals surface area contributed by atoms with Crippen LogP contribution in [0.2, 0.25) is 0 Å². The van der Waals surface area contributed by atoms with E-state index >= 15 is 0 Å². The number of carboxylic acids is 2. The van der Waals surface area contributed by atoms with Crippen LogP contribution in [0.5, 0.6) is 0 Å². The smallest absolute Gasteiger partial charge is 0.354 e. The molecule has 4 rings (SSSR count). The standard InChI is InChI=1S/C27H20N2O4/c30-26(31)24-17-20(18-25(28-24)27(32)33)12-11-19-13-15-23(16-14-19)29(21-7-3-1-4-8-21)22-9-5-2-6-10-22/h1-18H,(H,30,31)(H,32,33). The van der Waals surface area contributed by atoms with E-state index in [1.807, 2.05) is 84.9 Å². The van der Waals surface area contributed by atoms with E-state index in [9.17, 15) is 19.8 Å². The van der Waals surface area contributed by atoms with Crippen molar-refractivity contribution in [2.45, 2.75) is 0 Å². The molecule has 162 valence electrons. The van der Waals surface area contributed by atoms with E-state index in [1.54, 1.807) is 12.2 Å². The fraction of sp³-hybridized carbons (Fsp3) is 0. The van der Waals surface area contributed by atoms with Crippen LogP contribution in [0.3, 0.4) is 0 Å². The number of para-hydroxylation sites is 2. The van der Waals surface area contributed by atoms with Gasteiger partial charge in [0.1, 0.15) is 11.4 Å². The topological polar surface area (TPSA) is 90.7 Å². The van der Waals surface area contributed by atoms with Gasteiger partial charge >= 0.3 is 11.9 Å². The first-order chi connectivity index (χ1) is 16.0. The molecule has 6 nitrogen and oxygen atoms in total. The van der Waals surface area contributed by atoms with Gasteiger partial charge in [0.2, 0.25) is 0 Å². The quantitative estimate of drug-likeness (QED) is 0.363. The van der Waals surface area contributed by atoms with Crippen LogP contribution in [-0.4, -0.2) is 27.1 Å². The molecule has 0 fully saturated rings. The average Bonchev–Trinajstić information content (AvgIpc) is 2.85. The lowest BCUT2D eigenvalue weighted by atomic mass is 10.1. The Morgan fingerprint density at radius 2 is 1.03 bits per heavy atom. The normalized spacial score (nSPS) is 10.8. The minimum Gasteiger partial charge on any atom is -0.477 e. The summed E-state index contributed by atoms with van der Waals surface area (Å²) in [7, 11) is 0. The van der Waals surface area contributed by atoms with Gasteiger partial charge in [0.25, 0.3) is 0 Å². The molecule has 1 heterocycles. The van der Waals surface area contributed by atoms with Crippen molar-refractivity contribution in [3.63, 3.8) is 0 Å². The Kier molecular flexibility index (Phi) is 6.27. The van der Waals surface area contributed by atoms with E-state index < -0.39 is 11.9 Å². The summed E-state index contributed by atoms with van der Waals surface area (Å²) in [4.78, 5) is 28.3. The van der Waals surface area contributed by atoms with Gasteiger partial charge in [0, 0.05) is 17.1 Å². The number of benzene rings is 3. The van der Waals surface area contributed by atoms with Crippen LogP contribution in [-0.2, 0) is 0 Å². The first-order valence-electron chi connectivity index (χ1n) is 10.2. The van der Waals surface area contributed by atoms with E-state index in [4.69, 9.17) is 0 Å². The molecule has 0 unspecified atom stereocenters. The maximum atomic E-state index is 11.3. The van der Waals surface area contributed by atoms with Crippen molar-refractivity contribution >= 4 is 41.2 Å². The van der Waals surface area contributed by atoms with Crippen LogP contribution in [0.1, 0.15) is 32.1 Å². The lowest BCUT2D eigenvalue weighted by molar-refractivity contribution is 0.0685. The fourth-order valence-corrected chi connectivity index (χ4v) is 3.40. The monoisotopic (exact) mass is 436 g/mol. The highest BCUT2D eigenvalue weighted by atomic mass is 16.4. The molecule has 0 amide bonds. The number of anilines is 3. The number of rotatable bonds is 7. The molecule has 0 saturated carbocycles. The summed E-state index contributed by atoms with van der Waals surface area (Å²) in [5.41, 5.74) is 3.74. The molecular formula is C27H20N2O4. The largest absolute Gasteiger partial charge is 0.477 e. The maximum Gasteiger partial charge on any atom is 0.354 e. The van der Waals surface area contributed by atoms with Gasteiger partial charge in [-0.25, -0.2) is 14.6 Å². The zero-order valence-electron chi connectivity index (χ0n) is 17.5. The second-order valence-electron chi connectivity index (χ2n) is 7.21. The van der Waals surface area contributed by atoms with Gasteiger partial charge in [0.05, 0.1) is 0 Å². The Labute approximate surface area is 190 Å². The Morgan fingerprint density at radius 1 is 0.606 bits per heavy atom. The predicted octanol–water partition coefficient (Wildman–Crippen LogP) is 6.12. The Morgan fingerprint density at radius 3 is 1.48 bits per heavy atom. The Balaban J connectivity index is 1.63. The highest BCUT2D eigenvalue weighted by Gasteiger charge is 2.13. The molecule has 0 aliphatic heterocycles. The minimum absolute atomic E-state index is 0.314. The Bertz CT molecular complexity index is 1230. The number of aromatic nitrogens is 1. The third-order valence-corrected chi connectivity index (χ3v) is 4.93. The summed E-state index contributed by atoms with van der Waals surface area (Å²) in [6.07, 6.45) is 3.47. The van der Waals surface area contributed by atoms with Crippen molar-refractivity contribution < 1.29 is 19.8 Å². The molecular weight excluding hydrogens is 416 g/mol. The molecule has 2 N–H and O–H groups in total. The van der Waals surface area contributed by atoms with Crippen LogP contribution in [0.15, 0.2) is 97.1 Å². The molecule has 4 aromatic rings. The maximum absolute atomic E-state index is 11.3. The highest BCUT2D eigenvalue weighted by Crippen LogP contribution is 2.34. The SMILES string of the molecule is O=C(O)c1cc(C=Cc2ccc(N(c3ccccc3)c3ccccc3)cc2)cc(C(=O)O)n1. The molecule has 6 heteroatoms. The zero-order chi connectivity index (χ0) is 23.2. The van der Waals surface area contributed by atoms with Crippen LogP contribution < -0.4 is 4.90 Å². The third-order valence-electron chi connectivity index (χ3n) is 4.93. The number of hydrogen-bond acceptors (Lipinski definition) is 4. The number of carboxylic acid groups (broad SMARTS) is 2. The molecule has 0 saturated heterocycles. The molecule has 0 atom stereocenters. The molecule has 1 aromatic heterocycles. The third kappa shape index (κ3) is 5.14. The first-order valence-corrected chi connectivity index (χ1v) is 10.2. The van der Waals surface area contributed by atoms with Crippen molar-refractivity contribution in [1.29, 1.82) is 0 Å². The highest BCUT2D eigenvalue weighted by molar-refractivity contribution is 5.91. The molecule has 0 aliphatic rings. The van der Waals surface area contributed by atoms with Crippen molar-refractivity contribution in [2.75, 3.05) is 4.90 Å². The lowest BCUT2D eigenvalue weighted by Gasteiger charge is -2.25. The van der Waals surface area contributed by atoms with Gasteiger partial charge < -0.3 is 15.1 Å². The van der Waals surface area contributed by atoms with E-state index in [0.29, 0.717) is 5.56 Å². The van der Waals surface area contributed by atoms with Crippen LogP contribution in [0.4, 0.5) is 17.1 Å². The van der Waals surface area contributed by atoms with Crippen LogP contribution in [0.25, 0.3) is 12.2 Å². The molecule has 3 aromatic carbocycles. The number of pyridine rings is 1. The lowest BCUT2D eigenvalue weighted by Crippen LogP contribution is -2.09. The fourth-order valence-electron chi connectivity index (χ4n) is 3.40. The summed E-state index contributed by atoms with van der Waals surface area (Å²) in [5, 5.41) is 18.4. The molecule has 33 heavy (non-hydrogen) atoms.